The number of hydrogen-bond acceptors (Lipinski definition) is 3. The summed E-state index contributed by atoms with van der Waals surface area (Å²) >= 11 is 0. The number of H-pyrrole nitrogens is 1. The number of hydrogen-bond donors (Lipinski definition) is 2. The molecule has 0 aliphatic heterocycles. The lowest BCUT2D eigenvalue weighted by molar-refractivity contribution is 0.0946. The molecule has 0 aliphatic rings. The third-order valence-electron chi connectivity index (χ3n) is 4.83. The van der Waals surface area contributed by atoms with Crippen LogP contribution in [-0.4, -0.2) is 25.9 Å². The Morgan fingerprint density at radius 2 is 1.83 bits per heavy atom. The highest BCUT2D eigenvalue weighted by Crippen LogP contribution is 2.19. The fraction of sp³-hybridized carbons (Fsp3) is 0.136. The summed E-state index contributed by atoms with van der Waals surface area (Å²) in [5.41, 5.74) is 5.45. The van der Waals surface area contributed by atoms with Crippen molar-refractivity contribution >= 4 is 5.91 Å². The second-order valence-corrected chi connectivity index (χ2v) is 6.75. The molecule has 1 amide bonds. The molecule has 4 rings (SSSR count). The number of halogens is 1. The maximum atomic E-state index is 13.1. The minimum absolute atomic E-state index is 0.267. The van der Waals surface area contributed by atoms with E-state index < -0.39 is 0 Å². The summed E-state index contributed by atoms with van der Waals surface area (Å²) in [7, 11) is 0. The van der Waals surface area contributed by atoms with Crippen molar-refractivity contribution in [2.24, 2.45) is 0 Å². The molecule has 29 heavy (non-hydrogen) atoms. The summed E-state index contributed by atoms with van der Waals surface area (Å²) in [5.74, 6) is -0.582. The molecule has 0 saturated carbocycles. The van der Waals surface area contributed by atoms with Crippen LogP contribution in [-0.2, 0) is 6.54 Å². The predicted molar refractivity (Wildman–Crippen MR) is 108 cm³/mol. The molecule has 0 saturated heterocycles. The first-order chi connectivity index (χ1) is 14.0. The van der Waals surface area contributed by atoms with Crippen LogP contribution in [0.4, 0.5) is 4.39 Å². The molecule has 0 radical (unpaired) electrons. The van der Waals surface area contributed by atoms with E-state index in [1.54, 1.807) is 18.2 Å². The molecule has 0 fully saturated rings. The van der Waals surface area contributed by atoms with Crippen LogP contribution in [0.15, 0.2) is 60.7 Å². The smallest absolute Gasteiger partial charge is 0.269 e. The highest BCUT2D eigenvalue weighted by atomic mass is 19.1. The Bertz CT molecular complexity index is 1150. The summed E-state index contributed by atoms with van der Waals surface area (Å²) in [5, 5.41) is 14.4. The molecule has 0 atom stereocenters. The highest BCUT2D eigenvalue weighted by Gasteiger charge is 2.16. The number of carbonyl (C=O) groups excluding carboxylic acids is 1. The molecule has 0 spiro atoms. The van der Waals surface area contributed by atoms with Crippen molar-refractivity contribution in [2.45, 2.75) is 20.4 Å². The standard InChI is InChI=1S/C22H20FN5O/c1-14-19(15(2)28(27-14)18-6-4-3-5-7-18)13-24-22(29)21-12-20(25-26-21)16-8-10-17(23)11-9-16/h3-12H,13H2,1-2H3,(H,24,29)(H,25,26). The summed E-state index contributed by atoms with van der Waals surface area (Å²) in [6.07, 6.45) is 0. The lowest BCUT2D eigenvalue weighted by Gasteiger charge is -2.06. The highest BCUT2D eigenvalue weighted by molar-refractivity contribution is 5.93. The lowest BCUT2D eigenvalue weighted by Crippen LogP contribution is -2.23. The normalized spacial score (nSPS) is 10.9. The maximum Gasteiger partial charge on any atom is 0.269 e. The van der Waals surface area contributed by atoms with Crippen LogP contribution < -0.4 is 5.32 Å². The fourth-order valence-electron chi connectivity index (χ4n) is 3.22. The fourth-order valence-corrected chi connectivity index (χ4v) is 3.22. The van der Waals surface area contributed by atoms with Gasteiger partial charge < -0.3 is 5.32 Å². The van der Waals surface area contributed by atoms with Crippen LogP contribution in [0.5, 0.6) is 0 Å². The molecule has 2 N–H and O–H groups in total. The Labute approximate surface area is 167 Å². The summed E-state index contributed by atoms with van der Waals surface area (Å²) < 4.78 is 14.9. The van der Waals surface area contributed by atoms with Gasteiger partial charge >= 0.3 is 0 Å². The molecule has 4 aromatic rings. The van der Waals surface area contributed by atoms with Gasteiger partial charge in [0.2, 0.25) is 0 Å². The number of aromatic nitrogens is 4. The summed E-state index contributed by atoms with van der Waals surface area (Å²) in [4.78, 5) is 12.5. The van der Waals surface area contributed by atoms with Crippen LogP contribution in [0.3, 0.4) is 0 Å². The van der Waals surface area contributed by atoms with E-state index in [0.717, 1.165) is 28.2 Å². The molecule has 7 heteroatoms. The molecule has 0 unspecified atom stereocenters. The van der Waals surface area contributed by atoms with Gasteiger partial charge in [-0.25, -0.2) is 9.07 Å². The van der Waals surface area contributed by atoms with Gasteiger partial charge in [-0.05, 0) is 56.3 Å². The number of aryl methyl sites for hydroxylation is 1. The van der Waals surface area contributed by atoms with E-state index >= 15 is 0 Å². The minimum atomic E-state index is -0.316. The van der Waals surface area contributed by atoms with Gasteiger partial charge in [-0.3, -0.25) is 9.89 Å². The first-order valence-electron chi connectivity index (χ1n) is 9.23. The largest absolute Gasteiger partial charge is 0.347 e. The first-order valence-corrected chi connectivity index (χ1v) is 9.23. The van der Waals surface area contributed by atoms with Crippen molar-refractivity contribution in [2.75, 3.05) is 0 Å². The van der Waals surface area contributed by atoms with E-state index in [4.69, 9.17) is 0 Å². The molecule has 2 heterocycles. The summed E-state index contributed by atoms with van der Waals surface area (Å²) in [6, 6.07) is 17.5. The lowest BCUT2D eigenvalue weighted by atomic mass is 10.1. The molecule has 2 aromatic heterocycles. The second kappa shape index (κ2) is 7.71. The SMILES string of the molecule is Cc1nn(-c2ccccc2)c(C)c1CNC(=O)c1cc(-c2ccc(F)cc2)n[nH]1. The third-order valence-corrected chi connectivity index (χ3v) is 4.83. The van der Waals surface area contributed by atoms with Gasteiger partial charge in [0.05, 0.1) is 17.1 Å². The second-order valence-electron chi connectivity index (χ2n) is 6.75. The van der Waals surface area contributed by atoms with E-state index in [1.165, 1.54) is 12.1 Å². The van der Waals surface area contributed by atoms with Crippen molar-refractivity contribution in [3.05, 3.63) is 89.1 Å². The van der Waals surface area contributed by atoms with Gasteiger partial charge in [0, 0.05) is 23.4 Å². The Hall–Kier alpha value is -3.74. The predicted octanol–water partition coefficient (Wildman–Crippen LogP) is 3.95. The van der Waals surface area contributed by atoms with Crippen LogP contribution >= 0.6 is 0 Å². The zero-order chi connectivity index (χ0) is 20.4. The zero-order valence-electron chi connectivity index (χ0n) is 16.1. The average molecular weight is 389 g/mol. The van der Waals surface area contributed by atoms with Gasteiger partial charge in [-0.1, -0.05) is 18.2 Å². The third kappa shape index (κ3) is 3.80. The van der Waals surface area contributed by atoms with Crippen molar-refractivity contribution in [1.82, 2.24) is 25.3 Å². The number of nitrogens with zero attached hydrogens (tertiary/aromatic N) is 3. The van der Waals surface area contributed by atoms with E-state index in [1.807, 2.05) is 48.9 Å². The number of rotatable bonds is 5. The molecular weight excluding hydrogens is 369 g/mol. The van der Waals surface area contributed by atoms with Crippen molar-refractivity contribution in [3.8, 4) is 16.9 Å². The molecule has 0 aliphatic carbocycles. The summed E-state index contributed by atoms with van der Waals surface area (Å²) in [6.45, 7) is 4.27. The van der Waals surface area contributed by atoms with Crippen LogP contribution in [0.25, 0.3) is 16.9 Å². The number of para-hydroxylation sites is 1. The van der Waals surface area contributed by atoms with Gasteiger partial charge in [-0.2, -0.15) is 10.2 Å². The molecule has 0 bridgehead atoms. The van der Waals surface area contributed by atoms with E-state index in [0.29, 0.717) is 17.9 Å². The number of nitrogens with one attached hydrogen (secondary N) is 2. The van der Waals surface area contributed by atoms with Crippen molar-refractivity contribution < 1.29 is 9.18 Å². The monoisotopic (exact) mass is 389 g/mol. The molecule has 146 valence electrons. The van der Waals surface area contributed by atoms with Crippen LogP contribution in [0.2, 0.25) is 0 Å². The van der Waals surface area contributed by atoms with Crippen molar-refractivity contribution in [1.29, 1.82) is 0 Å². The zero-order valence-corrected chi connectivity index (χ0v) is 16.1. The Morgan fingerprint density at radius 1 is 1.10 bits per heavy atom. The van der Waals surface area contributed by atoms with Gasteiger partial charge in [0.25, 0.3) is 5.91 Å². The Balaban J connectivity index is 1.48. The number of benzene rings is 2. The number of aromatic amines is 1. The quantitative estimate of drug-likeness (QED) is 0.543. The van der Waals surface area contributed by atoms with Gasteiger partial charge in [0.15, 0.2) is 0 Å². The average Bonchev–Trinajstić information content (AvgIpc) is 3.33. The maximum absolute atomic E-state index is 13.1. The molecule has 2 aromatic carbocycles. The van der Waals surface area contributed by atoms with Crippen LogP contribution in [0, 0.1) is 19.7 Å². The molecule has 6 nitrogen and oxygen atoms in total. The Kier molecular flexibility index (Phi) is 4.95. The number of carbonyl (C=O) groups is 1. The first kappa shape index (κ1) is 18.6. The van der Waals surface area contributed by atoms with Gasteiger partial charge in [-0.15, -0.1) is 0 Å². The van der Waals surface area contributed by atoms with Crippen LogP contribution in [0.1, 0.15) is 27.4 Å². The van der Waals surface area contributed by atoms with E-state index in [-0.39, 0.29) is 11.7 Å². The van der Waals surface area contributed by atoms with E-state index in [9.17, 15) is 9.18 Å². The Morgan fingerprint density at radius 3 is 2.55 bits per heavy atom. The minimum Gasteiger partial charge on any atom is -0.347 e. The topological polar surface area (TPSA) is 75.6 Å². The van der Waals surface area contributed by atoms with Crippen molar-refractivity contribution in [3.63, 3.8) is 0 Å². The van der Waals surface area contributed by atoms with Gasteiger partial charge in [0.1, 0.15) is 11.5 Å². The number of amides is 1. The molecular formula is C22H20FN5O. The van der Waals surface area contributed by atoms with E-state index in [2.05, 4.69) is 20.6 Å².